The van der Waals surface area contributed by atoms with E-state index in [2.05, 4.69) is 0 Å². The van der Waals surface area contributed by atoms with E-state index in [1.54, 1.807) is 0 Å². The molecule has 0 fully saturated rings. The molecule has 9 N–H and O–H groups in total. The molecule has 216 valence electrons. The number of hydrogen-bond acceptors (Lipinski definition) is 3. The van der Waals surface area contributed by atoms with Crippen LogP contribution in [0.1, 0.15) is 0 Å². The lowest BCUT2D eigenvalue weighted by atomic mass is 10.4. The van der Waals surface area contributed by atoms with Crippen LogP contribution in [0.25, 0.3) is 0 Å². The average molecular weight is 606 g/mol. The Morgan fingerprint density at radius 2 is 0.231 bits per heavy atom. The summed E-state index contributed by atoms with van der Waals surface area (Å²) in [5.41, 5.74) is 0. The van der Waals surface area contributed by atoms with Crippen LogP contribution in [-0.2, 0) is 13.7 Å². The van der Waals surface area contributed by atoms with Crippen LogP contribution < -0.4 is 0 Å². The van der Waals surface area contributed by atoms with Crippen LogP contribution in [0.4, 0.5) is 0 Å². The molecule has 4 aromatic carbocycles. The van der Waals surface area contributed by atoms with Gasteiger partial charge in [-0.3, -0.25) is 0 Å². The Hall–Kier alpha value is -2.79. The Bertz CT molecular complexity index is 817. The highest BCUT2D eigenvalue weighted by molar-refractivity contribution is 7.45. The standard InChI is InChI=1S/4C6H6.3H3O4P/c4*1-2-4-6-5-3-1;3*1-5(2,3)4/h4*1-6H;3*(H3,1,2,3,4). The van der Waals surface area contributed by atoms with Gasteiger partial charge in [0.25, 0.3) is 0 Å². The van der Waals surface area contributed by atoms with Crippen LogP contribution in [0.5, 0.6) is 0 Å². The largest absolute Gasteiger partial charge is 0.466 e. The van der Waals surface area contributed by atoms with Crippen LogP contribution in [0.2, 0.25) is 0 Å². The van der Waals surface area contributed by atoms with E-state index >= 15 is 0 Å². The first-order valence-electron chi connectivity index (χ1n) is 10.3. The molecule has 12 nitrogen and oxygen atoms in total. The first kappa shape index (κ1) is 40.7. The maximum Gasteiger partial charge on any atom is 0.466 e. The minimum absolute atomic E-state index is 2.00. The zero-order valence-corrected chi connectivity index (χ0v) is 23.1. The van der Waals surface area contributed by atoms with E-state index < -0.39 is 23.5 Å². The van der Waals surface area contributed by atoms with Crippen molar-refractivity contribution in [3.8, 4) is 0 Å². The maximum atomic E-state index is 8.88. The lowest BCUT2D eigenvalue weighted by molar-refractivity contribution is 0.272. The van der Waals surface area contributed by atoms with Crippen LogP contribution >= 0.6 is 23.5 Å². The third kappa shape index (κ3) is 86.3. The van der Waals surface area contributed by atoms with Crippen LogP contribution in [-0.4, -0.2) is 44.0 Å². The number of benzene rings is 4. The van der Waals surface area contributed by atoms with Gasteiger partial charge in [-0.05, 0) is 0 Å². The molecule has 4 rings (SSSR count). The Balaban J connectivity index is -0.000000389. The molecule has 0 saturated heterocycles. The topological polar surface area (TPSA) is 233 Å². The van der Waals surface area contributed by atoms with Crippen LogP contribution in [0, 0.1) is 0 Å². The molecule has 0 heterocycles. The molecule has 0 aliphatic heterocycles. The number of hydrogen-bond donors (Lipinski definition) is 9. The third-order valence-corrected chi connectivity index (χ3v) is 2.67. The quantitative estimate of drug-likeness (QED) is 0.129. The van der Waals surface area contributed by atoms with Gasteiger partial charge in [-0.2, -0.15) is 0 Å². The minimum Gasteiger partial charge on any atom is -0.303 e. The molecular formula is C24H33O12P3. The van der Waals surface area contributed by atoms with Crippen molar-refractivity contribution in [2.24, 2.45) is 0 Å². The van der Waals surface area contributed by atoms with E-state index in [0.29, 0.717) is 0 Å². The summed E-state index contributed by atoms with van der Waals surface area (Å²) >= 11 is 0. The van der Waals surface area contributed by atoms with E-state index in [0.717, 1.165) is 0 Å². The molecule has 0 atom stereocenters. The molecule has 0 spiro atoms. The van der Waals surface area contributed by atoms with Gasteiger partial charge in [0.1, 0.15) is 0 Å². The van der Waals surface area contributed by atoms with Gasteiger partial charge in [-0.15, -0.1) is 0 Å². The van der Waals surface area contributed by atoms with Crippen molar-refractivity contribution in [2.75, 3.05) is 0 Å². The second-order valence-corrected chi connectivity index (χ2v) is 9.24. The van der Waals surface area contributed by atoms with Crippen molar-refractivity contribution < 1.29 is 57.7 Å². The third-order valence-electron chi connectivity index (χ3n) is 2.67. The highest BCUT2D eigenvalue weighted by atomic mass is 31.2. The Morgan fingerprint density at radius 1 is 0.205 bits per heavy atom. The highest BCUT2D eigenvalue weighted by Gasteiger charge is 2.01. The van der Waals surface area contributed by atoms with Crippen LogP contribution in [0.3, 0.4) is 0 Å². The van der Waals surface area contributed by atoms with Gasteiger partial charge < -0.3 is 44.0 Å². The van der Waals surface area contributed by atoms with E-state index in [1.165, 1.54) is 0 Å². The second kappa shape index (κ2) is 26.8. The van der Waals surface area contributed by atoms with Crippen LogP contribution in [0.15, 0.2) is 146 Å². The zero-order valence-electron chi connectivity index (χ0n) is 20.4. The Kier molecular flexibility index (Phi) is 28.0. The van der Waals surface area contributed by atoms with Gasteiger partial charge in [0.05, 0.1) is 0 Å². The summed E-state index contributed by atoms with van der Waals surface area (Å²) in [5.74, 6) is 0. The van der Waals surface area contributed by atoms with Gasteiger partial charge >= 0.3 is 23.5 Å². The van der Waals surface area contributed by atoms with Crippen molar-refractivity contribution in [3.05, 3.63) is 146 Å². The number of phosphoric acid groups is 3. The summed E-state index contributed by atoms with van der Waals surface area (Å²) in [6, 6.07) is 48.0. The van der Waals surface area contributed by atoms with Gasteiger partial charge in [-0.25, -0.2) is 13.7 Å². The molecule has 0 aromatic heterocycles. The minimum atomic E-state index is -4.64. The predicted molar refractivity (Wildman–Crippen MR) is 149 cm³/mol. The number of rotatable bonds is 0. The highest BCUT2D eigenvalue weighted by Crippen LogP contribution is 2.26. The first-order chi connectivity index (χ1) is 18.0. The van der Waals surface area contributed by atoms with E-state index in [-0.39, 0.29) is 0 Å². The smallest absolute Gasteiger partial charge is 0.303 e. The van der Waals surface area contributed by atoms with E-state index in [4.69, 9.17) is 57.7 Å². The SMILES string of the molecule is O=P(O)(O)O.O=P(O)(O)O.O=P(O)(O)O.c1ccccc1.c1ccccc1.c1ccccc1.c1ccccc1. The molecule has 39 heavy (non-hydrogen) atoms. The van der Waals surface area contributed by atoms with Crippen molar-refractivity contribution in [1.82, 2.24) is 0 Å². The predicted octanol–water partition coefficient (Wildman–Crippen LogP) is 3.96. The lowest BCUT2D eigenvalue weighted by Gasteiger charge is -1.82. The zero-order chi connectivity index (χ0) is 30.5. The molecule has 0 saturated carbocycles. The van der Waals surface area contributed by atoms with E-state index in [9.17, 15) is 0 Å². The molecule has 0 aliphatic carbocycles. The maximum absolute atomic E-state index is 8.88. The Labute approximate surface area is 226 Å². The molecule has 15 heteroatoms. The summed E-state index contributed by atoms with van der Waals surface area (Å²) in [5, 5.41) is 0. The average Bonchev–Trinajstić information content (AvgIpc) is 2.87. The molecule has 0 amide bonds. The summed E-state index contributed by atoms with van der Waals surface area (Å²) < 4.78 is 26.6. The Morgan fingerprint density at radius 3 is 0.256 bits per heavy atom. The molecule has 0 radical (unpaired) electrons. The summed E-state index contributed by atoms with van der Waals surface area (Å²) in [7, 11) is -13.9. The van der Waals surface area contributed by atoms with Gasteiger partial charge in [0.15, 0.2) is 0 Å². The second-order valence-electron chi connectivity index (χ2n) is 6.16. The lowest BCUT2D eigenvalue weighted by Crippen LogP contribution is -1.66. The van der Waals surface area contributed by atoms with Gasteiger partial charge in [0, 0.05) is 0 Å². The molecule has 0 aliphatic rings. The summed E-state index contributed by atoms with van der Waals surface area (Å²) in [4.78, 5) is 64.7. The van der Waals surface area contributed by atoms with Gasteiger partial charge in [0.2, 0.25) is 0 Å². The van der Waals surface area contributed by atoms with Gasteiger partial charge in [-0.1, -0.05) is 146 Å². The van der Waals surface area contributed by atoms with E-state index in [1.807, 2.05) is 146 Å². The van der Waals surface area contributed by atoms with Crippen molar-refractivity contribution in [2.45, 2.75) is 0 Å². The van der Waals surface area contributed by atoms with Crippen molar-refractivity contribution in [1.29, 1.82) is 0 Å². The molecule has 0 bridgehead atoms. The van der Waals surface area contributed by atoms with Crippen molar-refractivity contribution >= 4 is 23.5 Å². The fourth-order valence-electron chi connectivity index (χ4n) is 1.54. The summed E-state index contributed by atoms with van der Waals surface area (Å²) in [6.45, 7) is 0. The molecule has 0 unspecified atom stereocenters. The normalized spacial score (nSPS) is 9.46. The molecule has 4 aromatic rings. The first-order valence-corrected chi connectivity index (χ1v) is 15.0. The monoisotopic (exact) mass is 606 g/mol. The fourth-order valence-corrected chi connectivity index (χ4v) is 1.54. The molecular weight excluding hydrogens is 573 g/mol. The summed E-state index contributed by atoms with van der Waals surface area (Å²) in [6.07, 6.45) is 0. The fraction of sp³-hybridized carbons (Fsp3) is 0. The van der Waals surface area contributed by atoms with Crippen molar-refractivity contribution in [3.63, 3.8) is 0 Å².